The van der Waals surface area contributed by atoms with Crippen LogP contribution in [0, 0.1) is 6.92 Å². The Kier molecular flexibility index (Phi) is 4.63. The maximum Gasteiger partial charge on any atom is 0.258 e. The van der Waals surface area contributed by atoms with Crippen LogP contribution in [0.15, 0.2) is 33.5 Å². The molecule has 8 heteroatoms. The van der Waals surface area contributed by atoms with Crippen molar-refractivity contribution >= 4 is 33.9 Å². The van der Waals surface area contributed by atoms with Gasteiger partial charge in [-0.1, -0.05) is 29.2 Å². The molecule has 0 spiro atoms. The minimum Gasteiger partial charge on any atom is -0.358 e. The molecule has 1 N–H and O–H groups in total. The van der Waals surface area contributed by atoms with Gasteiger partial charge in [0.1, 0.15) is 5.65 Å². The first kappa shape index (κ1) is 15.9. The summed E-state index contributed by atoms with van der Waals surface area (Å²) < 4.78 is 2.43. The molecular formula is C15H17N5OS2. The summed E-state index contributed by atoms with van der Waals surface area (Å²) in [6.07, 6.45) is 1.80. The summed E-state index contributed by atoms with van der Waals surface area (Å²) in [5.74, 6) is 0.593. The van der Waals surface area contributed by atoms with Gasteiger partial charge in [-0.05, 0) is 32.4 Å². The van der Waals surface area contributed by atoms with Gasteiger partial charge in [0.2, 0.25) is 5.13 Å². The molecule has 3 heterocycles. The molecule has 3 rings (SSSR count). The van der Waals surface area contributed by atoms with Gasteiger partial charge in [-0.2, -0.15) is 0 Å². The Labute approximate surface area is 142 Å². The monoisotopic (exact) mass is 347 g/mol. The number of hydrogen-bond donors (Lipinski definition) is 1. The first-order valence-corrected chi connectivity index (χ1v) is 9.03. The molecule has 0 aliphatic carbocycles. The summed E-state index contributed by atoms with van der Waals surface area (Å²) in [7, 11) is 0. The minimum atomic E-state index is -0.0614. The van der Waals surface area contributed by atoms with E-state index in [9.17, 15) is 4.79 Å². The number of aromatic nitrogens is 4. The smallest absolute Gasteiger partial charge is 0.258 e. The number of aryl methyl sites for hydroxylation is 1. The van der Waals surface area contributed by atoms with Crippen molar-refractivity contribution in [3.05, 3.63) is 46.0 Å². The SMILES string of the molecule is Cc1ccc2nc(CSc3nnc(NC(C)C)s3)cc(=O)n2c1. The molecule has 0 bridgehead atoms. The van der Waals surface area contributed by atoms with E-state index < -0.39 is 0 Å². The predicted molar refractivity (Wildman–Crippen MR) is 94.4 cm³/mol. The van der Waals surface area contributed by atoms with Gasteiger partial charge in [-0.3, -0.25) is 9.20 Å². The van der Waals surface area contributed by atoms with Crippen molar-refractivity contribution in [2.24, 2.45) is 0 Å². The molecule has 0 saturated heterocycles. The highest BCUT2D eigenvalue weighted by Gasteiger charge is 2.08. The highest BCUT2D eigenvalue weighted by molar-refractivity contribution is 8.00. The zero-order chi connectivity index (χ0) is 16.4. The summed E-state index contributed by atoms with van der Waals surface area (Å²) in [5.41, 5.74) is 2.38. The lowest BCUT2D eigenvalue weighted by atomic mass is 10.3. The lowest BCUT2D eigenvalue weighted by Gasteiger charge is -2.04. The first-order valence-electron chi connectivity index (χ1n) is 7.23. The van der Waals surface area contributed by atoms with Crippen LogP contribution in [0.25, 0.3) is 5.65 Å². The molecule has 0 atom stereocenters. The molecule has 0 amide bonds. The molecule has 0 radical (unpaired) electrons. The molecule has 0 aromatic carbocycles. The van der Waals surface area contributed by atoms with Crippen molar-refractivity contribution in [2.75, 3.05) is 5.32 Å². The van der Waals surface area contributed by atoms with E-state index in [0.717, 1.165) is 20.7 Å². The van der Waals surface area contributed by atoms with Crippen LogP contribution in [-0.4, -0.2) is 25.6 Å². The number of hydrogen-bond acceptors (Lipinski definition) is 7. The number of rotatable bonds is 5. The fourth-order valence-electron chi connectivity index (χ4n) is 2.04. The lowest BCUT2D eigenvalue weighted by Crippen LogP contribution is -2.15. The lowest BCUT2D eigenvalue weighted by molar-refractivity contribution is 0.883. The van der Waals surface area contributed by atoms with E-state index in [1.807, 2.05) is 19.1 Å². The number of fused-ring (bicyclic) bond motifs is 1. The van der Waals surface area contributed by atoms with Crippen molar-refractivity contribution in [3.8, 4) is 0 Å². The Morgan fingerprint density at radius 2 is 2.17 bits per heavy atom. The van der Waals surface area contributed by atoms with Gasteiger partial charge >= 0.3 is 0 Å². The molecule has 6 nitrogen and oxygen atoms in total. The second-order valence-corrected chi connectivity index (χ2v) is 7.68. The normalized spacial score (nSPS) is 11.3. The Bertz CT molecular complexity index is 887. The van der Waals surface area contributed by atoms with Crippen LogP contribution in [0.1, 0.15) is 25.1 Å². The first-order chi connectivity index (χ1) is 11.0. The van der Waals surface area contributed by atoms with Crippen molar-refractivity contribution < 1.29 is 0 Å². The summed E-state index contributed by atoms with van der Waals surface area (Å²) in [5, 5.41) is 12.3. The molecule has 3 aromatic heterocycles. The summed E-state index contributed by atoms with van der Waals surface area (Å²) in [4.78, 5) is 16.7. The summed E-state index contributed by atoms with van der Waals surface area (Å²) in [6, 6.07) is 5.72. The summed E-state index contributed by atoms with van der Waals surface area (Å²) >= 11 is 3.04. The second-order valence-electron chi connectivity index (χ2n) is 5.48. The maximum absolute atomic E-state index is 12.2. The van der Waals surface area contributed by atoms with Crippen LogP contribution in [0.4, 0.5) is 5.13 Å². The standard InChI is InChI=1S/C15H17N5OS2/c1-9(2)16-14-18-19-15(23-14)22-8-11-6-13(21)20-7-10(3)4-5-12(20)17-11/h4-7,9H,8H2,1-3H3,(H,16,18). The van der Waals surface area contributed by atoms with E-state index in [-0.39, 0.29) is 5.56 Å². The molecule has 0 aliphatic heterocycles. The van der Waals surface area contributed by atoms with Crippen LogP contribution in [0.3, 0.4) is 0 Å². The average Bonchev–Trinajstić information content (AvgIpc) is 2.92. The second kappa shape index (κ2) is 6.67. The third kappa shape index (κ3) is 3.89. The molecule has 0 aliphatic rings. The van der Waals surface area contributed by atoms with Gasteiger partial charge in [0, 0.05) is 24.1 Å². The van der Waals surface area contributed by atoms with Crippen LogP contribution < -0.4 is 10.9 Å². The van der Waals surface area contributed by atoms with E-state index in [1.54, 1.807) is 16.7 Å². The zero-order valence-electron chi connectivity index (χ0n) is 13.1. The average molecular weight is 347 g/mol. The Morgan fingerprint density at radius 3 is 2.96 bits per heavy atom. The van der Waals surface area contributed by atoms with Crippen LogP contribution in [-0.2, 0) is 5.75 Å². The fraction of sp³-hybridized carbons (Fsp3) is 0.333. The number of thioether (sulfide) groups is 1. The van der Waals surface area contributed by atoms with Gasteiger partial charge in [0.25, 0.3) is 5.56 Å². The maximum atomic E-state index is 12.2. The Morgan fingerprint density at radius 1 is 1.35 bits per heavy atom. The number of nitrogens with zero attached hydrogens (tertiary/aromatic N) is 4. The fourth-order valence-corrected chi connectivity index (χ4v) is 3.83. The largest absolute Gasteiger partial charge is 0.358 e. The quantitative estimate of drug-likeness (QED) is 0.716. The van der Waals surface area contributed by atoms with E-state index in [2.05, 4.69) is 34.3 Å². The van der Waals surface area contributed by atoms with Crippen molar-refractivity contribution in [3.63, 3.8) is 0 Å². The summed E-state index contributed by atoms with van der Waals surface area (Å²) in [6.45, 7) is 6.07. The minimum absolute atomic E-state index is 0.0614. The van der Waals surface area contributed by atoms with Crippen molar-refractivity contribution in [1.29, 1.82) is 0 Å². The van der Waals surface area contributed by atoms with Crippen LogP contribution in [0.5, 0.6) is 0 Å². The molecule has 23 heavy (non-hydrogen) atoms. The number of nitrogens with one attached hydrogen (secondary N) is 1. The van der Waals surface area contributed by atoms with Crippen LogP contribution in [0.2, 0.25) is 0 Å². The molecule has 0 fully saturated rings. The Balaban J connectivity index is 1.75. The highest BCUT2D eigenvalue weighted by atomic mass is 32.2. The van der Waals surface area contributed by atoms with Gasteiger partial charge in [-0.25, -0.2) is 4.98 Å². The molecular weight excluding hydrogens is 330 g/mol. The van der Waals surface area contributed by atoms with E-state index in [1.165, 1.54) is 23.1 Å². The van der Waals surface area contributed by atoms with E-state index in [0.29, 0.717) is 17.4 Å². The highest BCUT2D eigenvalue weighted by Crippen LogP contribution is 2.28. The van der Waals surface area contributed by atoms with E-state index >= 15 is 0 Å². The third-order valence-corrected chi connectivity index (χ3v) is 5.04. The van der Waals surface area contributed by atoms with Gasteiger partial charge < -0.3 is 5.32 Å². The molecule has 3 aromatic rings. The van der Waals surface area contributed by atoms with Gasteiger partial charge in [0.05, 0.1) is 5.69 Å². The van der Waals surface area contributed by atoms with Gasteiger partial charge in [0.15, 0.2) is 4.34 Å². The number of pyridine rings is 1. The van der Waals surface area contributed by atoms with Crippen molar-refractivity contribution in [2.45, 2.75) is 36.9 Å². The predicted octanol–water partition coefficient (Wildman–Crippen LogP) is 2.97. The molecule has 0 saturated carbocycles. The van der Waals surface area contributed by atoms with Crippen LogP contribution >= 0.6 is 23.1 Å². The van der Waals surface area contributed by atoms with Crippen molar-refractivity contribution in [1.82, 2.24) is 19.6 Å². The van der Waals surface area contributed by atoms with E-state index in [4.69, 9.17) is 0 Å². The number of anilines is 1. The third-order valence-electron chi connectivity index (χ3n) is 3.02. The zero-order valence-corrected chi connectivity index (χ0v) is 14.7. The van der Waals surface area contributed by atoms with Gasteiger partial charge in [-0.15, -0.1) is 10.2 Å². The Hall–Kier alpha value is -1.93. The molecule has 0 unspecified atom stereocenters. The molecule has 120 valence electrons. The topological polar surface area (TPSA) is 72.2 Å².